The summed E-state index contributed by atoms with van der Waals surface area (Å²) in [6.07, 6.45) is -0.642. The van der Waals surface area contributed by atoms with Gasteiger partial charge in [0.25, 0.3) is 0 Å². The Morgan fingerprint density at radius 1 is 1.48 bits per heavy atom. The summed E-state index contributed by atoms with van der Waals surface area (Å²) in [4.78, 5) is 11.2. The maximum atomic E-state index is 13.9. The Labute approximate surface area is 151 Å². The molecule has 1 aromatic rings. The lowest BCUT2D eigenvalue weighted by Crippen LogP contribution is -2.51. The van der Waals surface area contributed by atoms with E-state index in [1.165, 1.54) is 12.3 Å². The molecule has 2 unspecified atom stereocenters. The number of carboxylic acids is 1. The summed E-state index contributed by atoms with van der Waals surface area (Å²) in [5.41, 5.74) is -1.75. The topological polar surface area (TPSA) is 90.1 Å². The average molecular weight is 384 g/mol. The number of rotatable bonds is 6. The van der Waals surface area contributed by atoms with Gasteiger partial charge in [0.1, 0.15) is 23.5 Å². The molecule has 1 aliphatic heterocycles. The van der Waals surface area contributed by atoms with E-state index in [-0.39, 0.29) is 11.3 Å². The van der Waals surface area contributed by atoms with E-state index in [2.05, 4.69) is 23.8 Å². The maximum absolute atomic E-state index is 13.9. The Morgan fingerprint density at radius 3 is 2.70 bits per heavy atom. The summed E-state index contributed by atoms with van der Waals surface area (Å²) in [7, 11) is 0. The fourth-order valence-corrected chi connectivity index (χ4v) is 2.48. The zero-order valence-corrected chi connectivity index (χ0v) is 13.8. The first-order chi connectivity index (χ1) is 12.6. The van der Waals surface area contributed by atoms with Crippen LogP contribution in [0.15, 0.2) is 55.4 Å². The Balaban J connectivity index is 2.55. The van der Waals surface area contributed by atoms with E-state index in [4.69, 9.17) is 10.5 Å². The number of aliphatic carboxylic acids is 1. The van der Waals surface area contributed by atoms with Gasteiger partial charge in [-0.1, -0.05) is 13.2 Å². The lowest BCUT2D eigenvalue weighted by atomic mass is 10.0. The Kier molecular flexibility index (Phi) is 5.69. The highest BCUT2D eigenvalue weighted by Gasteiger charge is 2.44. The molecule has 0 bridgehead atoms. The Bertz CT molecular complexity index is 899. The van der Waals surface area contributed by atoms with Crippen LogP contribution in [-0.2, 0) is 4.79 Å². The van der Waals surface area contributed by atoms with Gasteiger partial charge in [-0.15, -0.1) is 0 Å². The zero-order valence-electron chi connectivity index (χ0n) is 13.8. The van der Waals surface area contributed by atoms with Crippen LogP contribution >= 0.6 is 0 Å². The van der Waals surface area contributed by atoms with Gasteiger partial charge in [-0.3, -0.25) is 15.3 Å². The number of carboxylic acid groups (broad SMARTS) is 1. The third kappa shape index (κ3) is 4.34. The van der Waals surface area contributed by atoms with Gasteiger partial charge < -0.3 is 10.4 Å². The van der Waals surface area contributed by atoms with E-state index in [0.29, 0.717) is 6.07 Å². The monoisotopic (exact) mass is 384 g/mol. The molecule has 0 fully saturated rings. The van der Waals surface area contributed by atoms with Crippen molar-refractivity contribution < 1.29 is 27.5 Å². The molecule has 2 heterocycles. The number of pyridine rings is 1. The molecule has 0 aromatic carbocycles. The van der Waals surface area contributed by atoms with Crippen molar-refractivity contribution in [3.8, 4) is 0 Å². The van der Waals surface area contributed by atoms with Crippen molar-refractivity contribution in [2.45, 2.75) is 18.4 Å². The van der Waals surface area contributed by atoms with E-state index in [9.17, 15) is 22.4 Å². The van der Waals surface area contributed by atoms with Gasteiger partial charge >= 0.3 is 12.1 Å². The lowest BCUT2D eigenvalue weighted by Gasteiger charge is -2.30. The van der Waals surface area contributed by atoms with Crippen LogP contribution in [0, 0.1) is 11.2 Å². The number of dihydropyridines is 1. The van der Waals surface area contributed by atoms with Crippen LogP contribution < -0.4 is 16.1 Å². The summed E-state index contributed by atoms with van der Waals surface area (Å²) in [5.74, 6) is -2.45. The number of hydrogen-bond acceptors (Lipinski definition) is 4. The predicted octanol–water partition coefficient (Wildman–Crippen LogP) is 2.41. The van der Waals surface area contributed by atoms with Crippen molar-refractivity contribution in [1.29, 1.82) is 5.41 Å². The number of halogens is 4. The van der Waals surface area contributed by atoms with E-state index in [1.54, 1.807) is 0 Å². The molecule has 6 nitrogen and oxygen atoms in total. The molecule has 0 spiro atoms. The number of carbonyl (C=O) groups is 1. The molecule has 0 aliphatic carbocycles. The Morgan fingerprint density at radius 2 is 2.15 bits per heavy atom. The largest absolute Gasteiger partial charge is 0.478 e. The van der Waals surface area contributed by atoms with Gasteiger partial charge in [0.15, 0.2) is 0 Å². The molecule has 2 rings (SSSR count). The second-order valence-corrected chi connectivity index (χ2v) is 5.55. The molecular weight excluding hydrogens is 368 g/mol. The zero-order chi connectivity index (χ0) is 20.4. The molecule has 0 saturated carbocycles. The fraction of sp³-hybridized carbons (Fsp3) is 0.176. The minimum absolute atomic E-state index is 0.00604. The number of nitrogens with one attached hydrogen (secondary N) is 3. The van der Waals surface area contributed by atoms with Crippen LogP contribution in [0.2, 0.25) is 0 Å². The van der Waals surface area contributed by atoms with E-state index < -0.39 is 41.2 Å². The van der Waals surface area contributed by atoms with Crippen LogP contribution in [0.5, 0.6) is 0 Å². The van der Waals surface area contributed by atoms with Crippen molar-refractivity contribution in [3.63, 3.8) is 0 Å². The fourth-order valence-electron chi connectivity index (χ4n) is 2.48. The minimum Gasteiger partial charge on any atom is -0.478 e. The third-order valence-corrected chi connectivity index (χ3v) is 3.77. The van der Waals surface area contributed by atoms with E-state index >= 15 is 0 Å². The molecule has 0 saturated heterocycles. The summed E-state index contributed by atoms with van der Waals surface area (Å²) < 4.78 is 55.8. The van der Waals surface area contributed by atoms with Crippen molar-refractivity contribution in [3.05, 3.63) is 72.3 Å². The predicted molar refractivity (Wildman–Crippen MR) is 89.5 cm³/mol. The van der Waals surface area contributed by atoms with Gasteiger partial charge in [0, 0.05) is 17.5 Å². The van der Waals surface area contributed by atoms with Crippen molar-refractivity contribution in [2.24, 2.45) is 0 Å². The minimum atomic E-state index is -4.94. The smallest absolute Gasteiger partial charge is 0.408 e. The van der Waals surface area contributed by atoms with Crippen LogP contribution in [-0.4, -0.2) is 28.0 Å². The summed E-state index contributed by atoms with van der Waals surface area (Å²) in [6, 6.07) is -1.94. The third-order valence-electron chi connectivity index (χ3n) is 3.77. The first-order valence-electron chi connectivity index (χ1n) is 7.53. The standard InChI is InChI=1S/C17H16F4N4O2/c1-3-9(2)25-8-10(18)7-12(14(25)22)13(17(19,20)21)24-15-11(16(26)27)5-4-6-23-15/h3-8,13,15,22-24H,1-2H2,(H,26,27). The number of allylic oxidation sites excluding steroid dienone is 4. The van der Waals surface area contributed by atoms with Gasteiger partial charge in [0.2, 0.25) is 0 Å². The second kappa shape index (κ2) is 7.62. The second-order valence-electron chi connectivity index (χ2n) is 5.55. The van der Waals surface area contributed by atoms with Crippen molar-refractivity contribution >= 4 is 11.7 Å². The molecule has 0 radical (unpaired) electrons. The highest BCUT2D eigenvalue weighted by atomic mass is 19.4. The molecule has 1 aliphatic rings. The van der Waals surface area contributed by atoms with Gasteiger partial charge in [0.05, 0.1) is 5.57 Å². The molecule has 4 N–H and O–H groups in total. The van der Waals surface area contributed by atoms with Crippen LogP contribution in [0.1, 0.15) is 11.6 Å². The molecule has 144 valence electrons. The Hall–Kier alpha value is -3.14. The molecule has 2 atom stereocenters. The van der Waals surface area contributed by atoms with E-state index in [1.807, 2.05) is 0 Å². The molecule has 0 amide bonds. The number of nitrogens with zero attached hydrogens (tertiary/aromatic N) is 1. The normalized spacial score (nSPS) is 17.6. The quantitative estimate of drug-likeness (QED) is 0.448. The summed E-state index contributed by atoms with van der Waals surface area (Å²) in [5, 5.41) is 21.8. The molecular formula is C17H16F4N4O2. The highest BCUT2D eigenvalue weighted by molar-refractivity contribution is 5.88. The van der Waals surface area contributed by atoms with Crippen LogP contribution in [0.4, 0.5) is 17.6 Å². The maximum Gasteiger partial charge on any atom is 0.408 e. The number of aromatic nitrogens is 1. The van der Waals surface area contributed by atoms with Crippen LogP contribution in [0.3, 0.4) is 0 Å². The molecule has 27 heavy (non-hydrogen) atoms. The summed E-state index contributed by atoms with van der Waals surface area (Å²) >= 11 is 0. The van der Waals surface area contributed by atoms with Gasteiger partial charge in [-0.2, -0.15) is 13.2 Å². The number of alkyl halides is 3. The molecule has 10 heteroatoms. The van der Waals surface area contributed by atoms with Gasteiger partial charge in [-0.25, -0.2) is 9.18 Å². The highest BCUT2D eigenvalue weighted by Crippen LogP contribution is 2.32. The van der Waals surface area contributed by atoms with Crippen molar-refractivity contribution in [1.82, 2.24) is 15.2 Å². The first kappa shape index (κ1) is 20.2. The van der Waals surface area contributed by atoms with Crippen molar-refractivity contribution in [2.75, 3.05) is 0 Å². The van der Waals surface area contributed by atoms with Gasteiger partial charge in [-0.05, 0) is 30.5 Å². The molecule has 1 aromatic heterocycles. The van der Waals surface area contributed by atoms with E-state index in [0.717, 1.165) is 22.9 Å². The van der Waals surface area contributed by atoms with Crippen LogP contribution in [0.25, 0.3) is 5.70 Å². The number of hydrogen-bond donors (Lipinski definition) is 4. The first-order valence-corrected chi connectivity index (χ1v) is 7.53. The summed E-state index contributed by atoms with van der Waals surface area (Å²) in [6.45, 7) is 6.91. The lowest BCUT2D eigenvalue weighted by molar-refractivity contribution is -0.160. The average Bonchev–Trinajstić information content (AvgIpc) is 2.60. The SMILES string of the molecule is C=CC(=C)n1cc(F)cc(C(NC2NC=CC=C2C(=O)O)C(F)(F)F)c1=N.